The molecule has 33 heavy (non-hydrogen) atoms. The van der Waals surface area contributed by atoms with Gasteiger partial charge in [-0.2, -0.15) is 4.98 Å². The van der Waals surface area contributed by atoms with Crippen molar-refractivity contribution in [1.29, 1.82) is 0 Å². The fourth-order valence-electron chi connectivity index (χ4n) is 5.23. The van der Waals surface area contributed by atoms with Crippen LogP contribution in [0.15, 0.2) is 66.7 Å². The summed E-state index contributed by atoms with van der Waals surface area (Å²) in [5.74, 6) is -0.244. The maximum atomic E-state index is 13.1. The lowest BCUT2D eigenvalue weighted by Gasteiger charge is -2.31. The first-order valence-corrected chi connectivity index (χ1v) is 11.5. The normalized spacial score (nSPS) is 26.2. The van der Waals surface area contributed by atoms with Gasteiger partial charge in [0.2, 0.25) is 17.8 Å². The molecule has 3 aliphatic rings. The van der Waals surface area contributed by atoms with Crippen LogP contribution in [0.4, 0.5) is 11.9 Å². The first-order chi connectivity index (χ1) is 16.1. The van der Waals surface area contributed by atoms with Crippen LogP contribution in [0, 0.1) is 18.8 Å². The lowest BCUT2D eigenvalue weighted by atomic mass is 9.85. The molecule has 1 fully saturated rings. The highest BCUT2D eigenvalue weighted by Gasteiger charge is 2.49. The molecule has 0 radical (unpaired) electrons. The number of imide groups is 1. The number of fused-ring (bicyclic) bond motifs is 2. The lowest BCUT2D eigenvalue weighted by Crippen LogP contribution is -2.32. The second kappa shape index (κ2) is 7.69. The molecule has 2 aliphatic heterocycles. The molecule has 2 amide bonds. The van der Waals surface area contributed by atoms with Crippen molar-refractivity contribution in [2.75, 3.05) is 10.2 Å². The van der Waals surface area contributed by atoms with Crippen LogP contribution in [-0.4, -0.2) is 26.6 Å². The van der Waals surface area contributed by atoms with Gasteiger partial charge in [-0.1, -0.05) is 72.3 Å². The van der Waals surface area contributed by atoms with Crippen LogP contribution < -0.4 is 10.2 Å². The minimum atomic E-state index is -0.304. The van der Waals surface area contributed by atoms with E-state index in [-0.39, 0.29) is 41.7 Å². The second-order valence-corrected chi connectivity index (χ2v) is 9.12. The number of nitrogens with zero attached hydrogens (tertiary/aromatic N) is 4. The molecule has 4 atom stereocenters. The van der Waals surface area contributed by atoms with Crippen molar-refractivity contribution >= 4 is 23.7 Å². The molecule has 7 heteroatoms. The molecule has 0 saturated carbocycles. The number of carbonyl (C=O) groups is 2. The van der Waals surface area contributed by atoms with Gasteiger partial charge in [-0.05, 0) is 37.3 Å². The summed E-state index contributed by atoms with van der Waals surface area (Å²) in [5.41, 5.74) is 3.50. The van der Waals surface area contributed by atoms with E-state index in [1.54, 1.807) is 0 Å². The molecular weight excluding hydrogens is 414 g/mol. The maximum absolute atomic E-state index is 13.1. The summed E-state index contributed by atoms with van der Waals surface area (Å²) in [7, 11) is 0. The van der Waals surface area contributed by atoms with E-state index in [2.05, 4.69) is 53.6 Å². The Morgan fingerprint density at radius 2 is 1.55 bits per heavy atom. The molecule has 3 heterocycles. The van der Waals surface area contributed by atoms with Crippen molar-refractivity contribution in [3.05, 3.63) is 83.4 Å². The molecule has 166 valence electrons. The topological polar surface area (TPSA) is 80.1 Å². The van der Waals surface area contributed by atoms with Crippen molar-refractivity contribution in [3.8, 4) is 0 Å². The van der Waals surface area contributed by atoms with Crippen molar-refractivity contribution in [2.24, 2.45) is 11.8 Å². The highest BCUT2D eigenvalue weighted by atomic mass is 16.2. The third-order valence-electron chi connectivity index (χ3n) is 7.05. The average Bonchev–Trinajstić information content (AvgIpc) is 3.38. The summed E-state index contributed by atoms with van der Waals surface area (Å²) >= 11 is 0. The van der Waals surface area contributed by atoms with E-state index >= 15 is 0 Å². The fourth-order valence-corrected chi connectivity index (χ4v) is 5.23. The highest BCUT2D eigenvalue weighted by molar-refractivity contribution is 6.21. The number of anilines is 2. The molecule has 0 bridgehead atoms. The molecule has 0 unspecified atom stereocenters. The first-order valence-electron chi connectivity index (χ1n) is 11.5. The van der Waals surface area contributed by atoms with E-state index in [1.807, 2.05) is 35.0 Å². The molecule has 0 spiro atoms. The average molecular weight is 440 g/mol. The monoisotopic (exact) mass is 439 g/mol. The Kier molecular flexibility index (Phi) is 4.64. The molecule has 3 aromatic rings. The van der Waals surface area contributed by atoms with Gasteiger partial charge in [-0.25, -0.2) is 9.58 Å². The zero-order chi connectivity index (χ0) is 22.5. The Labute approximate surface area is 192 Å². The van der Waals surface area contributed by atoms with Gasteiger partial charge >= 0.3 is 0 Å². The molecule has 7 nitrogen and oxygen atoms in total. The number of hydrogen-bond acceptors (Lipinski definition) is 5. The van der Waals surface area contributed by atoms with Crippen LogP contribution in [-0.2, 0) is 9.59 Å². The maximum Gasteiger partial charge on any atom is 0.260 e. The number of benzene rings is 2. The SMILES string of the molecule is Cc1ccc([C@@H]2C[C@@H](c3ccccc3)n3nc(N4C(=O)[C@H]5CC=CC[C@@H]5C4=O)nc3N2)cc1. The van der Waals surface area contributed by atoms with E-state index in [0.29, 0.717) is 18.8 Å². The number of carbonyl (C=O) groups excluding carboxylic acids is 2. The Morgan fingerprint density at radius 3 is 2.21 bits per heavy atom. The van der Waals surface area contributed by atoms with Gasteiger partial charge in [0, 0.05) is 0 Å². The predicted molar refractivity (Wildman–Crippen MR) is 125 cm³/mol. The van der Waals surface area contributed by atoms with Crippen molar-refractivity contribution in [3.63, 3.8) is 0 Å². The number of aromatic nitrogens is 3. The van der Waals surface area contributed by atoms with Gasteiger partial charge in [-0.3, -0.25) is 9.59 Å². The largest absolute Gasteiger partial charge is 0.347 e. The zero-order valence-corrected chi connectivity index (χ0v) is 18.4. The van der Waals surface area contributed by atoms with E-state index in [1.165, 1.54) is 16.0 Å². The number of amides is 2. The van der Waals surface area contributed by atoms with Crippen LogP contribution in [0.2, 0.25) is 0 Å². The third kappa shape index (κ3) is 3.26. The Balaban J connectivity index is 1.40. The van der Waals surface area contributed by atoms with Crippen LogP contribution >= 0.6 is 0 Å². The fraction of sp³-hybridized carbons (Fsp3) is 0.308. The number of hydrogen-bond donors (Lipinski definition) is 1. The van der Waals surface area contributed by atoms with Gasteiger partial charge in [0.1, 0.15) is 0 Å². The van der Waals surface area contributed by atoms with E-state index in [4.69, 9.17) is 5.10 Å². The van der Waals surface area contributed by atoms with Crippen molar-refractivity contribution in [2.45, 2.75) is 38.3 Å². The summed E-state index contributed by atoms with van der Waals surface area (Å²) in [6.07, 6.45) is 5.95. The van der Waals surface area contributed by atoms with Crippen LogP contribution in [0.5, 0.6) is 0 Å². The smallest absolute Gasteiger partial charge is 0.260 e. The van der Waals surface area contributed by atoms with Crippen LogP contribution in [0.1, 0.15) is 48.0 Å². The molecular formula is C26H25N5O2. The van der Waals surface area contributed by atoms with Gasteiger partial charge in [-0.15, -0.1) is 5.10 Å². The summed E-state index contributed by atoms with van der Waals surface area (Å²) in [6.45, 7) is 2.07. The lowest BCUT2D eigenvalue weighted by molar-refractivity contribution is -0.122. The minimum absolute atomic E-state index is 0.0390. The first kappa shape index (κ1) is 19.9. The third-order valence-corrected chi connectivity index (χ3v) is 7.05. The molecule has 1 aromatic heterocycles. The molecule has 6 rings (SSSR count). The standard InChI is InChI=1S/C26H25N5O2/c1-16-11-13-17(14-12-16)21-15-22(18-7-3-2-4-8-18)31-25(27-21)28-26(29-31)30-23(32)19-9-5-6-10-20(19)24(30)33/h2-8,11-14,19-22H,9-10,15H2,1H3,(H,27,28,29)/t19-,20-,21-,22-/m0/s1. The van der Waals surface area contributed by atoms with Gasteiger partial charge in [0.25, 0.3) is 5.95 Å². The molecule has 1 saturated heterocycles. The van der Waals surface area contributed by atoms with Crippen LogP contribution in [0.25, 0.3) is 0 Å². The van der Waals surface area contributed by atoms with E-state index in [9.17, 15) is 9.59 Å². The van der Waals surface area contributed by atoms with E-state index < -0.39 is 0 Å². The number of allylic oxidation sites excluding steroid dienone is 2. The number of aryl methyl sites for hydroxylation is 1. The Morgan fingerprint density at radius 1 is 0.879 bits per heavy atom. The number of rotatable bonds is 3. The van der Waals surface area contributed by atoms with Crippen LogP contribution in [0.3, 0.4) is 0 Å². The zero-order valence-electron chi connectivity index (χ0n) is 18.4. The molecule has 1 N–H and O–H groups in total. The van der Waals surface area contributed by atoms with E-state index in [0.717, 1.165) is 12.0 Å². The predicted octanol–water partition coefficient (Wildman–Crippen LogP) is 4.19. The van der Waals surface area contributed by atoms with Gasteiger partial charge in [0.15, 0.2) is 0 Å². The quantitative estimate of drug-likeness (QED) is 0.489. The highest BCUT2D eigenvalue weighted by Crippen LogP contribution is 2.41. The summed E-state index contributed by atoms with van der Waals surface area (Å²) in [5, 5.41) is 8.19. The minimum Gasteiger partial charge on any atom is -0.347 e. The summed E-state index contributed by atoms with van der Waals surface area (Å²) in [4.78, 5) is 32.1. The molecule has 1 aliphatic carbocycles. The van der Waals surface area contributed by atoms with Gasteiger partial charge in [0.05, 0.1) is 23.9 Å². The second-order valence-electron chi connectivity index (χ2n) is 9.12. The number of nitrogens with one attached hydrogen (secondary N) is 1. The molecule has 2 aromatic carbocycles. The summed E-state index contributed by atoms with van der Waals surface area (Å²) < 4.78 is 1.83. The Bertz CT molecular complexity index is 1220. The van der Waals surface area contributed by atoms with Gasteiger partial charge < -0.3 is 5.32 Å². The summed E-state index contributed by atoms with van der Waals surface area (Å²) in [6, 6.07) is 18.6. The van der Waals surface area contributed by atoms with Crippen molar-refractivity contribution in [1.82, 2.24) is 14.8 Å². The Hall–Kier alpha value is -3.74. The van der Waals surface area contributed by atoms with Crippen molar-refractivity contribution < 1.29 is 9.59 Å².